The fourth-order valence-electron chi connectivity index (χ4n) is 3.19. The van der Waals surface area contributed by atoms with Crippen molar-refractivity contribution in [1.82, 2.24) is 9.97 Å². The minimum Gasteiger partial charge on any atom is -0.364 e. The Morgan fingerprint density at radius 2 is 2.11 bits per heavy atom. The molecule has 1 aromatic carbocycles. The molecule has 0 radical (unpaired) electrons. The number of carbonyl (C=O) groups excluding carboxylic acids is 3. The van der Waals surface area contributed by atoms with Crippen molar-refractivity contribution in [2.45, 2.75) is 13.3 Å². The zero-order valence-electron chi connectivity index (χ0n) is 15.0. The van der Waals surface area contributed by atoms with Crippen LogP contribution in [0.5, 0.6) is 0 Å². The van der Waals surface area contributed by atoms with Crippen LogP contribution in [0.3, 0.4) is 0 Å². The van der Waals surface area contributed by atoms with Crippen molar-refractivity contribution in [2.75, 3.05) is 16.8 Å². The van der Waals surface area contributed by atoms with E-state index >= 15 is 0 Å². The molecule has 1 aliphatic heterocycles. The summed E-state index contributed by atoms with van der Waals surface area (Å²) in [7, 11) is 0. The number of thiazole rings is 1. The Kier molecular flexibility index (Phi) is 4.44. The lowest BCUT2D eigenvalue weighted by molar-refractivity contribution is -0.116. The molecule has 0 saturated carbocycles. The first-order valence-electron chi connectivity index (χ1n) is 8.59. The summed E-state index contributed by atoms with van der Waals surface area (Å²) in [6.07, 6.45) is 2.37. The maximum absolute atomic E-state index is 12.6. The number of benzene rings is 1. The molecule has 0 atom stereocenters. The van der Waals surface area contributed by atoms with Gasteiger partial charge in [-0.1, -0.05) is 0 Å². The molecule has 0 aliphatic carbocycles. The van der Waals surface area contributed by atoms with Crippen molar-refractivity contribution in [3.63, 3.8) is 0 Å². The lowest BCUT2D eigenvalue weighted by Gasteiger charge is -2.14. The van der Waals surface area contributed by atoms with E-state index in [4.69, 9.17) is 5.73 Å². The predicted octanol–water partition coefficient (Wildman–Crippen LogP) is 2.40. The predicted molar refractivity (Wildman–Crippen MR) is 107 cm³/mol. The molecule has 3 amide bonds. The summed E-state index contributed by atoms with van der Waals surface area (Å²) >= 11 is 1.29. The van der Waals surface area contributed by atoms with Gasteiger partial charge in [-0.3, -0.25) is 19.7 Å². The van der Waals surface area contributed by atoms with Crippen LogP contribution in [0.25, 0.3) is 11.3 Å². The molecule has 0 unspecified atom stereocenters. The number of H-pyrrole nitrogens is 1. The van der Waals surface area contributed by atoms with E-state index in [-0.39, 0.29) is 11.8 Å². The smallest absolute Gasteiger partial charge is 0.265 e. The average molecular weight is 395 g/mol. The van der Waals surface area contributed by atoms with E-state index < -0.39 is 5.91 Å². The minimum absolute atomic E-state index is 0.00415. The van der Waals surface area contributed by atoms with Gasteiger partial charge in [0.25, 0.3) is 11.8 Å². The van der Waals surface area contributed by atoms with Crippen molar-refractivity contribution < 1.29 is 14.4 Å². The third-order valence-corrected chi connectivity index (χ3v) is 5.34. The maximum atomic E-state index is 12.6. The number of nitrogens with zero attached hydrogens (tertiary/aromatic N) is 2. The van der Waals surface area contributed by atoms with Crippen LogP contribution in [-0.4, -0.2) is 34.2 Å². The number of rotatable bonds is 4. The first-order chi connectivity index (χ1) is 13.4. The molecule has 0 bridgehead atoms. The largest absolute Gasteiger partial charge is 0.364 e. The summed E-state index contributed by atoms with van der Waals surface area (Å²) in [6.45, 7) is 2.17. The Balaban J connectivity index is 1.49. The number of anilines is 2. The number of fused-ring (bicyclic) bond motifs is 1. The summed E-state index contributed by atoms with van der Waals surface area (Å²) in [6, 6.07) is 6.93. The van der Waals surface area contributed by atoms with Crippen molar-refractivity contribution in [2.24, 2.45) is 5.73 Å². The van der Waals surface area contributed by atoms with Crippen molar-refractivity contribution in [3.05, 3.63) is 52.7 Å². The van der Waals surface area contributed by atoms with Crippen molar-refractivity contribution in [3.8, 4) is 11.3 Å². The second kappa shape index (κ2) is 6.93. The number of primary amides is 1. The first kappa shape index (κ1) is 17.9. The number of aromatic nitrogens is 2. The number of nitrogens with two attached hydrogens (primary N) is 1. The van der Waals surface area contributed by atoms with Gasteiger partial charge < -0.3 is 15.6 Å². The number of nitrogens with one attached hydrogen (secondary N) is 2. The zero-order valence-corrected chi connectivity index (χ0v) is 15.8. The Bertz CT molecular complexity index is 1100. The number of hydrogen-bond acceptors (Lipinski definition) is 5. The molecule has 4 rings (SSSR count). The molecular weight excluding hydrogens is 378 g/mol. The van der Waals surface area contributed by atoms with Crippen LogP contribution in [0.15, 0.2) is 35.8 Å². The van der Waals surface area contributed by atoms with E-state index in [9.17, 15) is 14.4 Å². The number of carbonyl (C=O) groups is 3. The third-order valence-electron chi connectivity index (χ3n) is 4.59. The van der Waals surface area contributed by atoms with Gasteiger partial charge in [-0.05, 0) is 36.2 Å². The molecule has 28 heavy (non-hydrogen) atoms. The van der Waals surface area contributed by atoms with Crippen molar-refractivity contribution in [1.29, 1.82) is 0 Å². The van der Waals surface area contributed by atoms with Gasteiger partial charge in [0.2, 0.25) is 5.91 Å². The maximum Gasteiger partial charge on any atom is 0.265 e. The van der Waals surface area contributed by atoms with E-state index in [0.717, 1.165) is 17.7 Å². The summed E-state index contributed by atoms with van der Waals surface area (Å²) in [4.78, 5) is 44.3. The quantitative estimate of drug-likeness (QED) is 0.628. The van der Waals surface area contributed by atoms with Crippen LogP contribution in [-0.2, 0) is 11.2 Å². The first-order valence-corrected chi connectivity index (χ1v) is 9.47. The highest BCUT2D eigenvalue weighted by atomic mass is 32.1. The third kappa shape index (κ3) is 3.27. The van der Waals surface area contributed by atoms with Crippen LogP contribution in [0.4, 0.5) is 10.8 Å². The van der Waals surface area contributed by atoms with Gasteiger partial charge in [0.1, 0.15) is 5.69 Å². The fraction of sp³-hybridized carbons (Fsp3) is 0.158. The molecule has 9 heteroatoms. The van der Waals surface area contributed by atoms with Gasteiger partial charge in [-0.15, -0.1) is 11.3 Å². The zero-order chi connectivity index (χ0) is 19.8. The van der Waals surface area contributed by atoms with Crippen LogP contribution in [0.2, 0.25) is 0 Å². The van der Waals surface area contributed by atoms with Gasteiger partial charge >= 0.3 is 0 Å². The van der Waals surface area contributed by atoms with Crippen LogP contribution in [0, 0.1) is 0 Å². The van der Waals surface area contributed by atoms with E-state index in [2.05, 4.69) is 15.3 Å². The van der Waals surface area contributed by atoms with E-state index in [1.165, 1.54) is 18.3 Å². The van der Waals surface area contributed by atoms with Gasteiger partial charge in [0.15, 0.2) is 5.13 Å². The summed E-state index contributed by atoms with van der Waals surface area (Å²) < 4.78 is 0. The molecule has 0 saturated heterocycles. The van der Waals surface area contributed by atoms with E-state index in [1.807, 2.05) is 6.07 Å². The van der Waals surface area contributed by atoms with Crippen LogP contribution in [0.1, 0.15) is 33.3 Å². The molecule has 0 fully saturated rings. The second-order valence-corrected chi connectivity index (χ2v) is 7.28. The molecule has 1 aliphatic rings. The highest BCUT2D eigenvalue weighted by Gasteiger charge is 2.23. The molecule has 8 nitrogen and oxygen atoms in total. The van der Waals surface area contributed by atoms with Gasteiger partial charge in [0, 0.05) is 41.9 Å². The van der Waals surface area contributed by atoms with Crippen LogP contribution < -0.4 is 16.0 Å². The van der Waals surface area contributed by atoms with Crippen molar-refractivity contribution >= 4 is 39.9 Å². The summed E-state index contributed by atoms with van der Waals surface area (Å²) in [5.74, 6) is -0.817. The minimum atomic E-state index is -0.546. The molecule has 3 heterocycles. The van der Waals surface area contributed by atoms with E-state index in [1.54, 1.807) is 34.7 Å². The Hall–Kier alpha value is -3.46. The molecule has 0 spiro atoms. The summed E-state index contributed by atoms with van der Waals surface area (Å²) in [5.41, 5.74) is 9.24. The standard InChI is InChI=1S/C19H17N5O3S/c1-10(25)24-5-4-11-6-12(2-3-16(11)24)18(27)23-19-22-15(9-28-19)13-7-14(17(20)26)21-8-13/h2-3,6-9,21H,4-5H2,1H3,(H2,20,26)(H,22,23,27). The lowest BCUT2D eigenvalue weighted by atomic mass is 10.1. The van der Waals surface area contributed by atoms with Crippen LogP contribution >= 0.6 is 11.3 Å². The summed E-state index contributed by atoms with van der Waals surface area (Å²) in [5, 5.41) is 5.03. The fourth-order valence-corrected chi connectivity index (χ4v) is 3.90. The highest BCUT2D eigenvalue weighted by Crippen LogP contribution is 2.30. The van der Waals surface area contributed by atoms with Gasteiger partial charge in [-0.25, -0.2) is 4.98 Å². The normalized spacial score (nSPS) is 12.7. The monoisotopic (exact) mass is 395 g/mol. The molecule has 142 valence electrons. The SMILES string of the molecule is CC(=O)N1CCc2cc(C(=O)Nc3nc(-c4c[nH]c(C(N)=O)c4)cs3)ccc21. The second-order valence-electron chi connectivity index (χ2n) is 6.42. The average Bonchev–Trinajstić information content (AvgIpc) is 3.39. The molecular formula is C19H17N5O3S. The highest BCUT2D eigenvalue weighted by molar-refractivity contribution is 7.14. The molecule has 2 aromatic heterocycles. The molecule has 4 N–H and O–H groups in total. The Morgan fingerprint density at radius 3 is 2.82 bits per heavy atom. The Morgan fingerprint density at radius 1 is 1.29 bits per heavy atom. The lowest BCUT2D eigenvalue weighted by Crippen LogP contribution is -2.25. The number of amides is 3. The number of hydrogen-bond donors (Lipinski definition) is 3. The van der Waals surface area contributed by atoms with E-state index in [0.29, 0.717) is 34.2 Å². The van der Waals surface area contributed by atoms with Gasteiger partial charge in [0.05, 0.1) is 5.69 Å². The molecule has 3 aromatic rings. The van der Waals surface area contributed by atoms with Gasteiger partial charge in [-0.2, -0.15) is 0 Å². The topological polar surface area (TPSA) is 121 Å². The Labute approximate surface area is 164 Å². The number of aromatic amines is 1.